The summed E-state index contributed by atoms with van der Waals surface area (Å²) in [5.41, 5.74) is 1.32. The van der Waals surface area contributed by atoms with Gasteiger partial charge in [-0.3, -0.25) is 14.4 Å². The van der Waals surface area contributed by atoms with Gasteiger partial charge in [-0.2, -0.15) is 0 Å². The van der Waals surface area contributed by atoms with Gasteiger partial charge in [-0.1, -0.05) is 23.7 Å². The SMILES string of the molecule is CC(=O)C=C(C)O[Si](CCCOC1CCC(c2ccc(Cl)cc2)CC1)(OC(C)=CC(C)=O)OC(C)=CC(C)=O. The van der Waals surface area contributed by atoms with E-state index in [1.165, 1.54) is 44.6 Å². The summed E-state index contributed by atoms with van der Waals surface area (Å²) in [5.74, 6) is 0.978. The first-order valence-corrected chi connectivity index (χ1v) is 15.7. The summed E-state index contributed by atoms with van der Waals surface area (Å²) >= 11 is 6.03. The highest BCUT2D eigenvalue weighted by Crippen LogP contribution is 2.35. The molecule has 0 bridgehead atoms. The number of benzene rings is 1. The van der Waals surface area contributed by atoms with Crippen LogP contribution in [0.1, 0.15) is 85.1 Å². The molecule has 0 aromatic heterocycles. The monoisotopic (exact) mass is 576 g/mol. The van der Waals surface area contributed by atoms with E-state index in [1.807, 2.05) is 12.1 Å². The number of carbonyl (C=O) groups is 3. The molecule has 0 saturated heterocycles. The lowest BCUT2D eigenvalue weighted by atomic mass is 9.83. The van der Waals surface area contributed by atoms with Crippen LogP contribution in [-0.2, 0) is 32.4 Å². The molecule has 7 nitrogen and oxygen atoms in total. The summed E-state index contributed by atoms with van der Waals surface area (Å²) in [6.45, 7) is 9.71. The second kappa shape index (κ2) is 15.8. The minimum Gasteiger partial charge on any atom is -0.487 e. The van der Waals surface area contributed by atoms with Gasteiger partial charge in [0.15, 0.2) is 17.3 Å². The molecule has 0 aliphatic heterocycles. The minimum atomic E-state index is -3.58. The van der Waals surface area contributed by atoms with Crippen LogP contribution in [0, 0.1) is 0 Å². The average Bonchev–Trinajstić information content (AvgIpc) is 2.81. The highest BCUT2D eigenvalue weighted by molar-refractivity contribution is 6.61. The second-order valence-electron chi connectivity index (χ2n) is 10.1. The van der Waals surface area contributed by atoms with E-state index in [1.54, 1.807) is 20.8 Å². The maximum Gasteiger partial charge on any atom is 0.698 e. The van der Waals surface area contributed by atoms with E-state index < -0.39 is 8.80 Å². The van der Waals surface area contributed by atoms with Crippen molar-refractivity contribution in [2.24, 2.45) is 0 Å². The Labute approximate surface area is 238 Å². The van der Waals surface area contributed by atoms with Crippen molar-refractivity contribution in [1.82, 2.24) is 0 Å². The summed E-state index contributed by atoms with van der Waals surface area (Å²) in [5, 5.41) is 0.748. The molecule has 0 N–H and O–H groups in total. The van der Waals surface area contributed by atoms with Crippen LogP contribution in [-0.4, -0.2) is 38.9 Å². The van der Waals surface area contributed by atoms with Crippen molar-refractivity contribution < 1.29 is 32.4 Å². The Kier molecular flexibility index (Phi) is 13.2. The average molecular weight is 577 g/mol. The van der Waals surface area contributed by atoms with Gasteiger partial charge in [0.05, 0.1) is 29.4 Å². The molecule has 0 atom stereocenters. The zero-order chi connectivity index (χ0) is 29.0. The standard InChI is InChI=1S/C30H41ClO7Si/c1-21(32)18-24(4)36-39(37-25(5)19-22(2)33,38-26(6)20-23(3)34)17-7-16-35-30-14-10-28(11-15-30)27-8-12-29(31)13-9-27/h8-9,12-13,18-20,28,30H,7,10-11,14-17H2,1-6H3. The van der Waals surface area contributed by atoms with Crippen LogP contribution in [0.3, 0.4) is 0 Å². The zero-order valence-electron chi connectivity index (χ0n) is 23.9. The first kappa shape index (κ1) is 32.5. The van der Waals surface area contributed by atoms with Crippen molar-refractivity contribution in [1.29, 1.82) is 0 Å². The van der Waals surface area contributed by atoms with Crippen LogP contribution in [0.15, 0.2) is 59.8 Å². The molecular weight excluding hydrogens is 536 g/mol. The lowest BCUT2D eigenvalue weighted by Crippen LogP contribution is -2.45. The predicted octanol–water partition coefficient (Wildman–Crippen LogP) is 7.24. The Morgan fingerprint density at radius 1 is 0.769 bits per heavy atom. The molecule has 1 aliphatic carbocycles. The first-order chi connectivity index (χ1) is 18.4. The van der Waals surface area contributed by atoms with Crippen molar-refractivity contribution >= 4 is 37.8 Å². The van der Waals surface area contributed by atoms with Crippen LogP contribution in [0.2, 0.25) is 11.1 Å². The molecule has 1 aliphatic rings. The molecule has 1 fully saturated rings. The third-order valence-electron chi connectivity index (χ3n) is 6.17. The molecule has 9 heteroatoms. The molecule has 214 valence electrons. The van der Waals surface area contributed by atoms with Gasteiger partial charge in [0.25, 0.3) is 0 Å². The number of hydrogen-bond donors (Lipinski definition) is 0. The summed E-state index contributed by atoms with van der Waals surface area (Å²) in [6.07, 6.45) is 8.87. The Morgan fingerprint density at radius 2 is 1.21 bits per heavy atom. The van der Waals surface area contributed by atoms with Gasteiger partial charge in [0, 0.05) is 29.9 Å². The second-order valence-corrected chi connectivity index (χ2v) is 13.0. The highest BCUT2D eigenvalue weighted by Gasteiger charge is 2.49. The number of carbonyl (C=O) groups excluding carboxylic acids is 3. The van der Waals surface area contributed by atoms with Gasteiger partial charge in [0.2, 0.25) is 0 Å². The van der Waals surface area contributed by atoms with E-state index in [-0.39, 0.29) is 23.5 Å². The van der Waals surface area contributed by atoms with Crippen molar-refractivity contribution in [3.63, 3.8) is 0 Å². The number of ketones is 3. The molecule has 0 radical (unpaired) electrons. The summed E-state index contributed by atoms with van der Waals surface area (Å²) in [6, 6.07) is 8.44. The van der Waals surface area contributed by atoms with Crippen molar-refractivity contribution in [3.05, 3.63) is 70.4 Å². The largest absolute Gasteiger partial charge is 0.698 e. The van der Waals surface area contributed by atoms with Crippen LogP contribution in [0.25, 0.3) is 0 Å². The van der Waals surface area contributed by atoms with E-state index in [2.05, 4.69) is 12.1 Å². The molecule has 0 spiro atoms. The van der Waals surface area contributed by atoms with E-state index in [4.69, 9.17) is 29.6 Å². The van der Waals surface area contributed by atoms with Crippen LogP contribution in [0.5, 0.6) is 0 Å². The van der Waals surface area contributed by atoms with Crippen LogP contribution in [0.4, 0.5) is 0 Å². The maximum atomic E-state index is 11.7. The quantitative estimate of drug-likeness (QED) is 0.0940. The molecule has 1 aromatic rings. The minimum absolute atomic E-state index is 0.172. The van der Waals surface area contributed by atoms with E-state index in [0.717, 1.165) is 30.7 Å². The Balaban J connectivity index is 2.09. The number of ether oxygens (including phenoxy) is 1. The number of halogens is 1. The fourth-order valence-corrected chi connectivity index (χ4v) is 7.52. The maximum absolute atomic E-state index is 11.7. The van der Waals surface area contributed by atoms with Crippen LogP contribution < -0.4 is 0 Å². The third-order valence-corrected chi connectivity index (χ3v) is 9.28. The van der Waals surface area contributed by atoms with Crippen LogP contribution >= 0.6 is 11.6 Å². The normalized spacial score (nSPS) is 20.1. The lowest BCUT2D eigenvalue weighted by molar-refractivity contribution is -0.113. The van der Waals surface area contributed by atoms with E-state index in [9.17, 15) is 14.4 Å². The van der Waals surface area contributed by atoms with Crippen molar-refractivity contribution in [3.8, 4) is 0 Å². The van der Waals surface area contributed by atoms with Gasteiger partial charge in [-0.05, 0) is 97.3 Å². The summed E-state index contributed by atoms with van der Waals surface area (Å²) in [7, 11) is -3.58. The van der Waals surface area contributed by atoms with Crippen molar-refractivity contribution in [2.45, 2.75) is 91.7 Å². The molecule has 0 amide bonds. The Bertz CT molecular complexity index is 1000. The molecular formula is C30H41ClO7Si. The predicted molar refractivity (Wildman–Crippen MR) is 154 cm³/mol. The fraction of sp³-hybridized carbons (Fsp3) is 0.500. The van der Waals surface area contributed by atoms with E-state index in [0.29, 0.717) is 42.3 Å². The molecule has 39 heavy (non-hydrogen) atoms. The molecule has 0 unspecified atom stereocenters. The van der Waals surface area contributed by atoms with E-state index >= 15 is 0 Å². The number of hydrogen-bond acceptors (Lipinski definition) is 7. The summed E-state index contributed by atoms with van der Waals surface area (Å²) < 4.78 is 24.8. The van der Waals surface area contributed by atoms with Gasteiger partial charge in [0.1, 0.15) is 0 Å². The molecule has 1 aromatic carbocycles. The zero-order valence-corrected chi connectivity index (χ0v) is 25.6. The third kappa shape index (κ3) is 12.4. The lowest BCUT2D eigenvalue weighted by Gasteiger charge is -2.32. The first-order valence-electron chi connectivity index (χ1n) is 13.4. The number of allylic oxidation sites excluding steroid dienone is 6. The highest BCUT2D eigenvalue weighted by atomic mass is 35.5. The molecule has 2 rings (SSSR count). The molecule has 0 heterocycles. The Hall–Kier alpha value is -2.68. The Morgan fingerprint density at radius 3 is 1.62 bits per heavy atom. The van der Waals surface area contributed by atoms with Gasteiger partial charge >= 0.3 is 8.80 Å². The smallest absolute Gasteiger partial charge is 0.487 e. The topological polar surface area (TPSA) is 88.1 Å². The van der Waals surface area contributed by atoms with Gasteiger partial charge < -0.3 is 18.0 Å². The van der Waals surface area contributed by atoms with Gasteiger partial charge in [-0.25, -0.2) is 0 Å². The molecule has 1 saturated carbocycles. The number of rotatable bonds is 15. The van der Waals surface area contributed by atoms with Gasteiger partial charge in [-0.15, -0.1) is 0 Å². The van der Waals surface area contributed by atoms with Crippen molar-refractivity contribution in [2.75, 3.05) is 6.61 Å². The summed E-state index contributed by atoms with van der Waals surface area (Å²) in [4.78, 5) is 35.0. The fourth-order valence-electron chi connectivity index (χ4n) is 4.74.